The standard InChI is InChI=1S/C11H21N5.HI/c1-7(2)5-13-11(12)14-6-10-8(3)15-16-9(10)4;/h7H,5-6H2,1-4H3,(H,15,16)(H3,12,13,14);1H. The van der Waals surface area contributed by atoms with Gasteiger partial charge in [-0.25, -0.2) is 4.99 Å². The fourth-order valence-corrected chi connectivity index (χ4v) is 1.34. The van der Waals surface area contributed by atoms with Crippen LogP contribution in [0.1, 0.15) is 30.8 Å². The van der Waals surface area contributed by atoms with Gasteiger partial charge in [0.25, 0.3) is 0 Å². The van der Waals surface area contributed by atoms with Crippen LogP contribution in [0.5, 0.6) is 0 Å². The van der Waals surface area contributed by atoms with Crippen LogP contribution < -0.4 is 11.1 Å². The first-order valence-corrected chi connectivity index (χ1v) is 5.55. The molecule has 0 aromatic carbocycles. The predicted molar refractivity (Wildman–Crippen MR) is 81.6 cm³/mol. The molecule has 0 spiro atoms. The summed E-state index contributed by atoms with van der Waals surface area (Å²) in [5.41, 5.74) is 8.90. The van der Waals surface area contributed by atoms with Crippen molar-refractivity contribution >= 4 is 29.9 Å². The Morgan fingerprint density at radius 2 is 2.12 bits per heavy atom. The van der Waals surface area contributed by atoms with E-state index in [2.05, 4.69) is 34.4 Å². The van der Waals surface area contributed by atoms with Crippen LogP contribution in [-0.4, -0.2) is 22.7 Å². The van der Waals surface area contributed by atoms with E-state index in [9.17, 15) is 0 Å². The second kappa shape index (κ2) is 7.52. The number of halogens is 1. The summed E-state index contributed by atoms with van der Waals surface area (Å²) in [6, 6.07) is 0. The van der Waals surface area contributed by atoms with E-state index in [0.29, 0.717) is 18.4 Å². The summed E-state index contributed by atoms with van der Waals surface area (Å²) in [7, 11) is 0. The Morgan fingerprint density at radius 1 is 1.47 bits per heavy atom. The highest BCUT2D eigenvalue weighted by Gasteiger charge is 2.05. The van der Waals surface area contributed by atoms with Gasteiger partial charge in [-0.15, -0.1) is 24.0 Å². The van der Waals surface area contributed by atoms with Gasteiger partial charge in [0.1, 0.15) is 0 Å². The smallest absolute Gasteiger partial charge is 0.188 e. The van der Waals surface area contributed by atoms with Crippen molar-refractivity contribution in [1.82, 2.24) is 15.5 Å². The fraction of sp³-hybridized carbons (Fsp3) is 0.636. The molecule has 5 nitrogen and oxygen atoms in total. The van der Waals surface area contributed by atoms with Crippen molar-refractivity contribution in [2.75, 3.05) is 6.54 Å². The number of hydrogen-bond acceptors (Lipinski definition) is 2. The van der Waals surface area contributed by atoms with Crippen molar-refractivity contribution < 1.29 is 0 Å². The van der Waals surface area contributed by atoms with Gasteiger partial charge in [-0.2, -0.15) is 5.10 Å². The number of nitrogens with one attached hydrogen (secondary N) is 2. The van der Waals surface area contributed by atoms with Crippen molar-refractivity contribution in [3.05, 3.63) is 17.0 Å². The van der Waals surface area contributed by atoms with E-state index in [1.165, 1.54) is 0 Å². The van der Waals surface area contributed by atoms with Crippen LogP contribution in [0.4, 0.5) is 0 Å². The SMILES string of the molecule is Cc1n[nH]c(C)c1CN=C(N)NCC(C)C.I. The van der Waals surface area contributed by atoms with Crippen LogP contribution in [0.15, 0.2) is 4.99 Å². The highest BCUT2D eigenvalue weighted by molar-refractivity contribution is 14.0. The fourth-order valence-electron chi connectivity index (χ4n) is 1.34. The number of aromatic nitrogens is 2. The monoisotopic (exact) mass is 351 g/mol. The molecule has 0 saturated carbocycles. The zero-order valence-corrected chi connectivity index (χ0v) is 13.2. The van der Waals surface area contributed by atoms with Crippen LogP contribution in [0.2, 0.25) is 0 Å². The average molecular weight is 351 g/mol. The van der Waals surface area contributed by atoms with Crippen molar-refractivity contribution in [3.8, 4) is 0 Å². The van der Waals surface area contributed by atoms with Crippen molar-refractivity contribution in [3.63, 3.8) is 0 Å². The van der Waals surface area contributed by atoms with Crippen LogP contribution in [-0.2, 0) is 6.54 Å². The first kappa shape index (κ1) is 16.2. The summed E-state index contributed by atoms with van der Waals surface area (Å²) in [6.07, 6.45) is 0. The minimum absolute atomic E-state index is 0. The molecule has 0 aliphatic heterocycles. The van der Waals surface area contributed by atoms with Gasteiger partial charge in [0.05, 0.1) is 12.2 Å². The lowest BCUT2D eigenvalue weighted by molar-refractivity contribution is 0.622. The zero-order valence-electron chi connectivity index (χ0n) is 10.9. The third-order valence-electron chi connectivity index (χ3n) is 2.38. The van der Waals surface area contributed by atoms with Crippen molar-refractivity contribution in [1.29, 1.82) is 0 Å². The van der Waals surface area contributed by atoms with E-state index in [0.717, 1.165) is 23.5 Å². The number of aromatic amines is 1. The van der Waals surface area contributed by atoms with E-state index < -0.39 is 0 Å². The second-order valence-electron chi connectivity index (χ2n) is 4.39. The maximum Gasteiger partial charge on any atom is 0.188 e. The Balaban J connectivity index is 0.00000256. The molecular weight excluding hydrogens is 329 g/mol. The van der Waals surface area contributed by atoms with E-state index in [1.807, 2.05) is 13.8 Å². The normalized spacial score (nSPS) is 11.5. The number of guanidine groups is 1. The van der Waals surface area contributed by atoms with Crippen molar-refractivity contribution in [2.24, 2.45) is 16.6 Å². The van der Waals surface area contributed by atoms with Gasteiger partial charge in [0.2, 0.25) is 0 Å². The van der Waals surface area contributed by atoms with E-state index in [-0.39, 0.29) is 24.0 Å². The topological polar surface area (TPSA) is 79.1 Å². The minimum Gasteiger partial charge on any atom is -0.370 e. The molecule has 1 heterocycles. The van der Waals surface area contributed by atoms with E-state index in [1.54, 1.807) is 0 Å². The lowest BCUT2D eigenvalue weighted by Gasteiger charge is -2.07. The number of aryl methyl sites for hydroxylation is 2. The summed E-state index contributed by atoms with van der Waals surface area (Å²) < 4.78 is 0. The molecule has 1 rings (SSSR count). The summed E-state index contributed by atoms with van der Waals surface area (Å²) in [5, 5.41) is 10.1. The number of hydrogen-bond donors (Lipinski definition) is 3. The molecule has 98 valence electrons. The van der Waals surface area contributed by atoms with Gasteiger partial charge in [0, 0.05) is 17.8 Å². The molecule has 0 fully saturated rings. The lowest BCUT2D eigenvalue weighted by atomic mass is 10.2. The number of rotatable bonds is 4. The van der Waals surface area contributed by atoms with E-state index in [4.69, 9.17) is 5.73 Å². The molecule has 4 N–H and O–H groups in total. The maximum atomic E-state index is 5.75. The van der Waals surface area contributed by atoms with Gasteiger partial charge in [-0.3, -0.25) is 5.10 Å². The van der Waals surface area contributed by atoms with Crippen LogP contribution in [0, 0.1) is 19.8 Å². The molecule has 0 atom stereocenters. The van der Waals surface area contributed by atoms with Gasteiger partial charge in [-0.1, -0.05) is 13.8 Å². The van der Waals surface area contributed by atoms with Crippen molar-refractivity contribution in [2.45, 2.75) is 34.2 Å². The molecule has 0 aliphatic rings. The minimum atomic E-state index is 0. The summed E-state index contributed by atoms with van der Waals surface area (Å²) >= 11 is 0. The average Bonchev–Trinajstić information content (AvgIpc) is 2.53. The Labute approximate surface area is 120 Å². The molecule has 1 aromatic heterocycles. The molecular formula is C11H22IN5. The first-order chi connectivity index (χ1) is 7.50. The Bertz CT molecular complexity index is 350. The molecule has 0 saturated heterocycles. The maximum absolute atomic E-state index is 5.75. The Morgan fingerprint density at radius 3 is 2.59 bits per heavy atom. The number of nitrogens with zero attached hydrogens (tertiary/aromatic N) is 2. The Hall–Kier alpha value is -0.790. The van der Waals surface area contributed by atoms with Gasteiger partial charge >= 0.3 is 0 Å². The second-order valence-corrected chi connectivity index (χ2v) is 4.39. The third-order valence-corrected chi connectivity index (χ3v) is 2.38. The molecule has 0 amide bonds. The molecule has 0 aliphatic carbocycles. The van der Waals surface area contributed by atoms with Crippen LogP contribution in [0.3, 0.4) is 0 Å². The third kappa shape index (κ3) is 5.38. The first-order valence-electron chi connectivity index (χ1n) is 5.55. The van der Waals surface area contributed by atoms with Crippen LogP contribution >= 0.6 is 24.0 Å². The summed E-state index contributed by atoms with van der Waals surface area (Å²) in [6.45, 7) is 9.63. The number of nitrogens with two attached hydrogens (primary N) is 1. The molecule has 6 heteroatoms. The predicted octanol–water partition coefficient (Wildman–Crippen LogP) is 1.70. The largest absolute Gasteiger partial charge is 0.370 e. The number of H-pyrrole nitrogens is 1. The number of aliphatic imine (C=N–C) groups is 1. The zero-order chi connectivity index (χ0) is 12.1. The quantitative estimate of drug-likeness (QED) is 0.439. The molecule has 0 unspecified atom stereocenters. The highest BCUT2D eigenvalue weighted by atomic mass is 127. The Kier molecular flexibility index (Phi) is 7.17. The van der Waals surface area contributed by atoms with Gasteiger partial charge in [0.15, 0.2) is 5.96 Å². The molecule has 0 bridgehead atoms. The van der Waals surface area contributed by atoms with E-state index >= 15 is 0 Å². The molecule has 17 heavy (non-hydrogen) atoms. The van der Waals surface area contributed by atoms with Gasteiger partial charge < -0.3 is 11.1 Å². The molecule has 0 radical (unpaired) electrons. The lowest BCUT2D eigenvalue weighted by Crippen LogP contribution is -2.34. The van der Waals surface area contributed by atoms with Crippen LogP contribution in [0.25, 0.3) is 0 Å². The summed E-state index contributed by atoms with van der Waals surface area (Å²) in [4.78, 5) is 4.28. The summed E-state index contributed by atoms with van der Waals surface area (Å²) in [5.74, 6) is 1.06. The molecule has 1 aromatic rings. The highest BCUT2D eigenvalue weighted by Crippen LogP contribution is 2.09. The van der Waals surface area contributed by atoms with Gasteiger partial charge in [-0.05, 0) is 19.8 Å².